The highest BCUT2D eigenvalue weighted by atomic mass is 16.5. The van der Waals surface area contributed by atoms with Crippen molar-refractivity contribution in [2.45, 2.75) is 51.3 Å². The van der Waals surface area contributed by atoms with Crippen molar-refractivity contribution in [3.63, 3.8) is 0 Å². The summed E-state index contributed by atoms with van der Waals surface area (Å²) in [6, 6.07) is 0.347. The number of hydrogen-bond donors (Lipinski definition) is 1. The normalized spacial score (nSPS) is 22.5. The maximum Gasteiger partial charge on any atom is 0.239 e. The van der Waals surface area contributed by atoms with E-state index >= 15 is 0 Å². The van der Waals surface area contributed by atoms with Crippen molar-refractivity contribution in [1.29, 1.82) is 0 Å². The molecule has 5 heteroatoms. The Balaban J connectivity index is 2.58. The molecule has 1 saturated heterocycles. The van der Waals surface area contributed by atoms with Gasteiger partial charge in [0, 0.05) is 26.7 Å². The average molecular weight is 272 g/mol. The van der Waals surface area contributed by atoms with Crippen LogP contribution in [0.5, 0.6) is 0 Å². The number of rotatable bonds is 6. The molecule has 0 radical (unpaired) electrons. The van der Waals surface area contributed by atoms with Crippen LogP contribution in [0.25, 0.3) is 0 Å². The molecule has 1 aliphatic rings. The van der Waals surface area contributed by atoms with Gasteiger partial charge in [0.05, 0.1) is 18.8 Å². The SMILES string of the molecule is COCC(O)CN(C)C(=O)C1CCCCN1C(C)C. The summed E-state index contributed by atoms with van der Waals surface area (Å²) in [7, 11) is 3.31. The summed E-state index contributed by atoms with van der Waals surface area (Å²) in [4.78, 5) is 16.4. The first-order valence-electron chi connectivity index (χ1n) is 7.15. The molecule has 2 atom stereocenters. The number of hydrogen-bond acceptors (Lipinski definition) is 4. The third-order valence-electron chi connectivity index (χ3n) is 3.71. The predicted molar refractivity (Wildman–Crippen MR) is 75.0 cm³/mol. The highest BCUT2D eigenvalue weighted by Crippen LogP contribution is 2.21. The fourth-order valence-corrected chi connectivity index (χ4v) is 2.74. The Kier molecular flexibility index (Phi) is 6.75. The number of ether oxygens (including phenoxy) is 1. The largest absolute Gasteiger partial charge is 0.389 e. The van der Waals surface area contributed by atoms with Gasteiger partial charge in [0.1, 0.15) is 0 Å². The molecule has 1 aliphatic heterocycles. The summed E-state index contributed by atoms with van der Waals surface area (Å²) in [5, 5.41) is 9.71. The summed E-state index contributed by atoms with van der Waals surface area (Å²) in [5.41, 5.74) is 0. The number of amides is 1. The molecule has 2 unspecified atom stereocenters. The number of likely N-dealkylation sites (tertiary alicyclic amines) is 1. The lowest BCUT2D eigenvalue weighted by Gasteiger charge is -2.39. The van der Waals surface area contributed by atoms with Gasteiger partial charge in [0.2, 0.25) is 5.91 Å². The van der Waals surface area contributed by atoms with Crippen LogP contribution in [0, 0.1) is 0 Å². The van der Waals surface area contributed by atoms with Crippen LogP contribution >= 0.6 is 0 Å². The van der Waals surface area contributed by atoms with Crippen molar-refractivity contribution in [2.24, 2.45) is 0 Å². The van der Waals surface area contributed by atoms with Crippen LogP contribution < -0.4 is 0 Å². The third kappa shape index (κ3) is 4.75. The molecule has 1 fully saturated rings. The van der Waals surface area contributed by atoms with Crippen molar-refractivity contribution in [2.75, 3.05) is 33.9 Å². The average Bonchev–Trinajstić information content (AvgIpc) is 2.37. The molecule has 0 aromatic carbocycles. The molecule has 0 spiro atoms. The number of carbonyl (C=O) groups is 1. The van der Waals surface area contributed by atoms with Gasteiger partial charge in [-0.15, -0.1) is 0 Å². The molecular weight excluding hydrogens is 244 g/mol. The Hall–Kier alpha value is -0.650. The smallest absolute Gasteiger partial charge is 0.239 e. The Bertz CT molecular complexity index is 284. The van der Waals surface area contributed by atoms with E-state index in [-0.39, 0.29) is 18.6 Å². The Labute approximate surface area is 116 Å². The van der Waals surface area contributed by atoms with Crippen molar-refractivity contribution in [1.82, 2.24) is 9.80 Å². The molecule has 1 N–H and O–H groups in total. The molecule has 0 aromatic heterocycles. The second-order valence-corrected chi connectivity index (χ2v) is 5.67. The third-order valence-corrected chi connectivity index (χ3v) is 3.71. The Morgan fingerprint density at radius 2 is 2.16 bits per heavy atom. The van der Waals surface area contributed by atoms with Crippen LogP contribution in [0.3, 0.4) is 0 Å². The summed E-state index contributed by atoms with van der Waals surface area (Å²) in [6.45, 7) is 5.84. The van der Waals surface area contributed by atoms with Gasteiger partial charge in [-0.25, -0.2) is 0 Å². The molecule has 112 valence electrons. The molecule has 0 aromatic rings. The molecule has 1 amide bonds. The van der Waals surface area contributed by atoms with E-state index in [9.17, 15) is 9.90 Å². The fourth-order valence-electron chi connectivity index (χ4n) is 2.74. The number of aliphatic hydroxyl groups is 1. The summed E-state index contributed by atoms with van der Waals surface area (Å²) in [6.07, 6.45) is 2.57. The van der Waals surface area contributed by atoms with E-state index < -0.39 is 6.10 Å². The van der Waals surface area contributed by atoms with Crippen LogP contribution in [0.15, 0.2) is 0 Å². The molecule has 0 aliphatic carbocycles. The molecule has 19 heavy (non-hydrogen) atoms. The predicted octanol–water partition coefficient (Wildman–Crippen LogP) is 0.715. The zero-order valence-corrected chi connectivity index (χ0v) is 12.6. The van der Waals surface area contributed by atoms with Crippen LogP contribution in [0.2, 0.25) is 0 Å². The van der Waals surface area contributed by atoms with E-state index in [4.69, 9.17) is 4.74 Å². The molecule has 5 nitrogen and oxygen atoms in total. The number of nitrogens with zero attached hydrogens (tertiary/aromatic N) is 2. The Morgan fingerprint density at radius 1 is 1.47 bits per heavy atom. The first-order valence-corrected chi connectivity index (χ1v) is 7.15. The minimum Gasteiger partial charge on any atom is -0.389 e. The molecular formula is C14H28N2O3. The van der Waals surface area contributed by atoms with Gasteiger partial charge in [0.25, 0.3) is 0 Å². The second kappa shape index (κ2) is 7.82. The number of aliphatic hydroxyl groups excluding tert-OH is 1. The highest BCUT2D eigenvalue weighted by molar-refractivity contribution is 5.81. The van der Waals surface area contributed by atoms with Crippen LogP contribution in [-0.2, 0) is 9.53 Å². The van der Waals surface area contributed by atoms with Gasteiger partial charge in [-0.1, -0.05) is 6.42 Å². The van der Waals surface area contributed by atoms with Crippen LogP contribution in [-0.4, -0.2) is 72.9 Å². The van der Waals surface area contributed by atoms with Gasteiger partial charge in [-0.3, -0.25) is 9.69 Å². The van der Waals surface area contributed by atoms with E-state index in [0.29, 0.717) is 12.6 Å². The van der Waals surface area contributed by atoms with Gasteiger partial charge < -0.3 is 14.7 Å². The highest BCUT2D eigenvalue weighted by Gasteiger charge is 2.32. The van der Waals surface area contributed by atoms with Crippen molar-refractivity contribution >= 4 is 5.91 Å². The molecule has 0 saturated carbocycles. The van der Waals surface area contributed by atoms with E-state index in [2.05, 4.69) is 18.7 Å². The van der Waals surface area contributed by atoms with Gasteiger partial charge in [-0.05, 0) is 33.2 Å². The van der Waals surface area contributed by atoms with E-state index in [1.54, 1.807) is 19.1 Å². The van der Waals surface area contributed by atoms with Gasteiger partial charge in [-0.2, -0.15) is 0 Å². The monoisotopic (exact) mass is 272 g/mol. The van der Waals surface area contributed by atoms with E-state index in [1.807, 2.05) is 0 Å². The molecule has 1 rings (SSSR count). The lowest BCUT2D eigenvalue weighted by Crippen LogP contribution is -2.53. The van der Waals surface area contributed by atoms with Gasteiger partial charge in [0.15, 0.2) is 0 Å². The summed E-state index contributed by atoms with van der Waals surface area (Å²) in [5.74, 6) is 0.114. The van der Waals surface area contributed by atoms with Crippen LogP contribution in [0.1, 0.15) is 33.1 Å². The maximum atomic E-state index is 12.5. The zero-order chi connectivity index (χ0) is 14.4. The minimum atomic E-state index is -0.616. The molecule has 1 heterocycles. The quantitative estimate of drug-likeness (QED) is 0.774. The lowest BCUT2D eigenvalue weighted by atomic mass is 9.99. The number of methoxy groups -OCH3 is 1. The van der Waals surface area contributed by atoms with Crippen molar-refractivity contribution < 1.29 is 14.6 Å². The lowest BCUT2D eigenvalue weighted by molar-refractivity contribution is -0.139. The van der Waals surface area contributed by atoms with E-state index in [1.165, 1.54) is 0 Å². The topological polar surface area (TPSA) is 53.0 Å². The summed E-state index contributed by atoms with van der Waals surface area (Å²) < 4.78 is 4.89. The zero-order valence-electron chi connectivity index (χ0n) is 12.6. The van der Waals surface area contributed by atoms with Gasteiger partial charge >= 0.3 is 0 Å². The van der Waals surface area contributed by atoms with Crippen molar-refractivity contribution in [3.8, 4) is 0 Å². The molecule has 0 bridgehead atoms. The summed E-state index contributed by atoms with van der Waals surface area (Å²) >= 11 is 0. The van der Waals surface area contributed by atoms with Crippen molar-refractivity contribution in [3.05, 3.63) is 0 Å². The number of carbonyl (C=O) groups excluding carboxylic acids is 1. The van der Waals surface area contributed by atoms with Crippen LogP contribution in [0.4, 0.5) is 0 Å². The first-order chi connectivity index (χ1) is 8.97. The standard InChI is InChI=1S/C14H28N2O3/c1-11(2)16-8-6-5-7-13(16)14(18)15(3)9-12(17)10-19-4/h11-13,17H,5-10H2,1-4H3. The Morgan fingerprint density at radius 3 is 2.74 bits per heavy atom. The maximum absolute atomic E-state index is 12.5. The minimum absolute atomic E-state index is 0.0338. The number of likely N-dealkylation sites (N-methyl/N-ethyl adjacent to an activating group) is 1. The number of piperidine rings is 1. The fraction of sp³-hybridized carbons (Fsp3) is 0.929. The van der Waals surface area contributed by atoms with E-state index in [0.717, 1.165) is 25.8 Å². The second-order valence-electron chi connectivity index (χ2n) is 5.67. The first kappa shape index (κ1) is 16.4.